The van der Waals surface area contributed by atoms with Crippen molar-refractivity contribution in [3.63, 3.8) is 0 Å². The lowest BCUT2D eigenvalue weighted by atomic mass is 10.2. The summed E-state index contributed by atoms with van der Waals surface area (Å²) in [4.78, 5) is 0.700. The van der Waals surface area contributed by atoms with Gasteiger partial charge in [-0.25, -0.2) is 8.42 Å². The molecule has 3 heteroatoms. The predicted molar refractivity (Wildman–Crippen MR) is 67.8 cm³/mol. The summed E-state index contributed by atoms with van der Waals surface area (Å²) in [7, 11) is -3.38. The zero-order valence-electron chi connectivity index (χ0n) is 9.84. The Morgan fingerprint density at radius 2 is 1.29 bits per heavy atom. The molecule has 0 fully saturated rings. The van der Waals surface area contributed by atoms with E-state index in [9.17, 15) is 8.42 Å². The highest BCUT2D eigenvalue weighted by Gasteiger charge is 2.17. The van der Waals surface area contributed by atoms with Gasteiger partial charge in [-0.15, -0.1) is 0 Å². The van der Waals surface area contributed by atoms with Crippen molar-refractivity contribution < 1.29 is 8.42 Å². The average molecular weight is 246 g/mol. The first-order chi connectivity index (χ1) is 8.00. The normalized spacial score (nSPS) is 11.4. The fourth-order valence-electron chi connectivity index (χ4n) is 1.82. The van der Waals surface area contributed by atoms with Crippen LogP contribution in [0.25, 0.3) is 0 Å². The second kappa shape index (κ2) is 4.34. The molecule has 0 amide bonds. The number of hydrogen-bond acceptors (Lipinski definition) is 2. The van der Waals surface area contributed by atoms with E-state index in [-0.39, 0.29) is 0 Å². The first kappa shape index (κ1) is 11.9. The van der Waals surface area contributed by atoms with E-state index in [1.807, 2.05) is 19.9 Å². The molecule has 88 valence electrons. The second-order valence-electron chi connectivity index (χ2n) is 4.14. The molecule has 0 N–H and O–H groups in total. The van der Waals surface area contributed by atoms with Gasteiger partial charge in [-0.05, 0) is 49.2 Å². The highest BCUT2D eigenvalue weighted by molar-refractivity contribution is 7.91. The lowest BCUT2D eigenvalue weighted by Crippen LogP contribution is -2.02. The van der Waals surface area contributed by atoms with Gasteiger partial charge in [0.15, 0.2) is 0 Å². The van der Waals surface area contributed by atoms with Gasteiger partial charge in [0.1, 0.15) is 0 Å². The molecule has 0 unspecified atom stereocenters. The second-order valence-corrected chi connectivity index (χ2v) is 6.09. The van der Waals surface area contributed by atoms with E-state index in [0.717, 1.165) is 11.1 Å². The van der Waals surface area contributed by atoms with E-state index in [4.69, 9.17) is 0 Å². The summed E-state index contributed by atoms with van der Waals surface area (Å²) < 4.78 is 24.7. The molecule has 0 aromatic heterocycles. The Hall–Kier alpha value is -1.61. The third kappa shape index (κ3) is 2.39. The maximum absolute atomic E-state index is 12.3. The lowest BCUT2D eigenvalue weighted by molar-refractivity contribution is 0.596. The van der Waals surface area contributed by atoms with Crippen LogP contribution in [0.15, 0.2) is 58.3 Å². The van der Waals surface area contributed by atoms with Gasteiger partial charge in [0.25, 0.3) is 0 Å². The largest absolute Gasteiger partial charge is 0.219 e. The van der Waals surface area contributed by atoms with Crippen molar-refractivity contribution in [3.05, 3.63) is 59.7 Å². The van der Waals surface area contributed by atoms with Gasteiger partial charge in [0, 0.05) is 0 Å². The van der Waals surface area contributed by atoms with Gasteiger partial charge >= 0.3 is 0 Å². The molecule has 0 saturated carbocycles. The zero-order valence-corrected chi connectivity index (χ0v) is 10.7. The molecule has 0 heterocycles. The molecule has 0 saturated heterocycles. The SMILES string of the molecule is Cc1cc(C)cc(S(=O)(=O)c2ccccc2)c1. The molecule has 0 aliphatic rings. The maximum atomic E-state index is 12.3. The maximum Gasteiger partial charge on any atom is 0.206 e. The van der Waals surface area contributed by atoms with Crippen LogP contribution in [0.4, 0.5) is 0 Å². The smallest absolute Gasteiger partial charge is 0.206 e. The van der Waals surface area contributed by atoms with Gasteiger partial charge in [0.2, 0.25) is 9.84 Å². The first-order valence-electron chi connectivity index (χ1n) is 5.38. The van der Waals surface area contributed by atoms with Crippen molar-refractivity contribution in [2.75, 3.05) is 0 Å². The minimum absolute atomic E-state index is 0.338. The summed E-state index contributed by atoms with van der Waals surface area (Å²) in [5, 5.41) is 0. The Labute approximate surface area is 102 Å². The van der Waals surface area contributed by atoms with E-state index in [0.29, 0.717) is 9.79 Å². The Balaban J connectivity index is 2.60. The van der Waals surface area contributed by atoms with Crippen LogP contribution in [0.3, 0.4) is 0 Å². The molecule has 0 atom stereocenters. The summed E-state index contributed by atoms with van der Waals surface area (Å²) in [5.74, 6) is 0. The third-order valence-electron chi connectivity index (χ3n) is 2.56. The molecule has 0 bridgehead atoms. The van der Waals surface area contributed by atoms with Crippen molar-refractivity contribution in [1.29, 1.82) is 0 Å². The standard InChI is InChI=1S/C14H14O2S/c1-11-8-12(2)10-14(9-11)17(15,16)13-6-4-3-5-7-13/h3-10H,1-2H3. The van der Waals surface area contributed by atoms with Crippen LogP contribution in [0, 0.1) is 13.8 Å². The molecule has 2 rings (SSSR count). The monoisotopic (exact) mass is 246 g/mol. The fourth-order valence-corrected chi connectivity index (χ4v) is 3.29. The van der Waals surface area contributed by atoms with E-state index < -0.39 is 9.84 Å². The summed E-state index contributed by atoms with van der Waals surface area (Å²) >= 11 is 0. The molecule has 2 aromatic rings. The number of sulfone groups is 1. The molecule has 0 aliphatic carbocycles. The molecular weight excluding hydrogens is 232 g/mol. The summed E-state index contributed by atoms with van der Waals surface area (Å²) in [6.07, 6.45) is 0. The van der Waals surface area contributed by atoms with Gasteiger partial charge in [-0.3, -0.25) is 0 Å². The molecule has 2 nitrogen and oxygen atoms in total. The van der Waals surface area contributed by atoms with Crippen LogP contribution in [0.5, 0.6) is 0 Å². The van der Waals surface area contributed by atoms with Gasteiger partial charge in [0.05, 0.1) is 9.79 Å². The van der Waals surface area contributed by atoms with Crippen molar-refractivity contribution >= 4 is 9.84 Å². The third-order valence-corrected chi connectivity index (χ3v) is 4.31. The van der Waals surface area contributed by atoms with Crippen LogP contribution in [0.2, 0.25) is 0 Å². The lowest BCUT2D eigenvalue weighted by Gasteiger charge is -2.06. The minimum Gasteiger partial charge on any atom is -0.219 e. The van der Waals surface area contributed by atoms with Crippen molar-refractivity contribution in [2.24, 2.45) is 0 Å². The van der Waals surface area contributed by atoms with Crippen LogP contribution in [0.1, 0.15) is 11.1 Å². The number of hydrogen-bond donors (Lipinski definition) is 0. The van der Waals surface area contributed by atoms with Crippen molar-refractivity contribution in [2.45, 2.75) is 23.6 Å². The molecule has 2 aromatic carbocycles. The van der Waals surface area contributed by atoms with Gasteiger partial charge < -0.3 is 0 Å². The van der Waals surface area contributed by atoms with Crippen LogP contribution in [-0.2, 0) is 9.84 Å². The van der Waals surface area contributed by atoms with Gasteiger partial charge in [-0.2, -0.15) is 0 Å². The molecule has 0 aliphatic heterocycles. The summed E-state index contributed by atoms with van der Waals surface area (Å²) in [6.45, 7) is 3.80. The Morgan fingerprint density at radius 3 is 1.82 bits per heavy atom. The number of aryl methyl sites for hydroxylation is 2. The quantitative estimate of drug-likeness (QED) is 0.815. The number of benzene rings is 2. The van der Waals surface area contributed by atoms with E-state index >= 15 is 0 Å². The van der Waals surface area contributed by atoms with E-state index in [1.54, 1.807) is 42.5 Å². The number of rotatable bonds is 2. The van der Waals surface area contributed by atoms with Crippen LogP contribution < -0.4 is 0 Å². The Morgan fingerprint density at radius 1 is 0.765 bits per heavy atom. The minimum atomic E-state index is -3.38. The van der Waals surface area contributed by atoms with Crippen LogP contribution in [-0.4, -0.2) is 8.42 Å². The van der Waals surface area contributed by atoms with Crippen molar-refractivity contribution in [3.8, 4) is 0 Å². The molecule has 17 heavy (non-hydrogen) atoms. The summed E-state index contributed by atoms with van der Waals surface area (Å²) in [6, 6.07) is 13.9. The average Bonchev–Trinajstić information content (AvgIpc) is 2.29. The predicted octanol–water partition coefficient (Wildman–Crippen LogP) is 3.14. The molecular formula is C14H14O2S. The van der Waals surface area contributed by atoms with Crippen LogP contribution >= 0.6 is 0 Å². The topological polar surface area (TPSA) is 34.1 Å². The fraction of sp³-hybridized carbons (Fsp3) is 0.143. The van der Waals surface area contributed by atoms with E-state index in [2.05, 4.69) is 0 Å². The zero-order chi connectivity index (χ0) is 12.5. The van der Waals surface area contributed by atoms with E-state index in [1.165, 1.54) is 0 Å². The highest BCUT2D eigenvalue weighted by atomic mass is 32.2. The van der Waals surface area contributed by atoms with Gasteiger partial charge in [-0.1, -0.05) is 24.3 Å². The summed E-state index contributed by atoms with van der Waals surface area (Å²) in [5.41, 5.74) is 1.92. The Bertz CT molecular complexity index is 608. The molecule has 0 radical (unpaired) electrons. The Kier molecular flexibility index (Phi) is 3.03. The van der Waals surface area contributed by atoms with Crippen molar-refractivity contribution in [1.82, 2.24) is 0 Å². The highest BCUT2D eigenvalue weighted by Crippen LogP contribution is 2.22. The first-order valence-corrected chi connectivity index (χ1v) is 6.87. The molecule has 0 spiro atoms.